The van der Waals surface area contributed by atoms with E-state index in [1.165, 1.54) is 17.3 Å². The minimum Gasteiger partial charge on any atom is -0.460 e. The smallest absolute Gasteiger partial charge is 0.218 e. The number of thioether (sulfide) groups is 1. The van der Waals surface area contributed by atoms with Crippen LogP contribution in [-0.2, 0) is 4.74 Å². The Balaban J connectivity index is 2.84. The van der Waals surface area contributed by atoms with Crippen LogP contribution in [0.2, 0.25) is 0 Å². The first-order valence-electron chi connectivity index (χ1n) is 3.60. The first-order chi connectivity index (χ1) is 5.43. The van der Waals surface area contributed by atoms with Gasteiger partial charge in [-0.3, -0.25) is 5.41 Å². The summed E-state index contributed by atoms with van der Waals surface area (Å²) in [5.41, 5.74) is 1.17. The Labute approximate surface area is 81.9 Å². The van der Waals surface area contributed by atoms with E-state index in [9.17, 15) is 0 Å². The second-order valence-corrected chi connectivity index (χ2v) is 4.85. The van der Waals surface area contributed by atoms with Crippen LogP contribution in [0.4, 0.5) is 0 Å². The molecule has 1 aliphatic rings. The molecule has 0 aliphatic carbocycles. The summed E-state index contributed by atoms with van der Waals surface area (Å²) in [5, 5.41) is 8.08. The van der Waals surface area contributed by atoms with Gasteiger partial charge in [0, 0.05) is 0 Å². The molecule has 0 bridgehead atoms. The molecule has 1 unspecified atom stereocenters. The van der Waals surface area contributed by atoms with Crippen LogP contribution < -0.4 is 0 Å². The van der Waals surface area contributed by atoms with E-state index in [-0.39, 0.29) is 0 Å². The highest BCUT2D eigenvalue weighted by Gasteiger charge is 2.36. The largest absolute Gasteiger partial charge is 0.460 e. The molecule has 1 N–H and O–H groups in total. The lowest BCUT2D eigenvalue weighted by Gasteiger charge is -2.16. The number of hydrogen-bond donors (Lipinski definition) is 1. The molecular formula is C8H11NOS2. The second kappa shape index (κ2) is 3.18. The van der Waals surface area contributed by atoms with Crippen LogP contribution >= 0.6 is 24.0 Å². The van der Waals surface area contributed by atoms with Crippen LogP contribution in [0.25, 0.3) is 0 Å². The summed E-state index contributed by atoms with van der Waals surface area (Å²) in [4.78, 5) is -0.451. The van der Waals surface area contributed by atoms with E-state index in [1.807, 2.05) is 26.8 Å². The first kappa shape index (κ1) is 9.74. The Hall–Kier alpha value is -0.350. The van der Waals surface area contributed by atoms with Crippen LogP contribution in [0, 0.1) is 5.41 Å². The number of nitrogens with one attached hydrogen (secondary N) is 1. The molecular weight excluding hydrogens is 190 g/mol. The number of ether oxygens (including phenoxy) is 1. The predicted octanol–water partition coefficient (Wildman–Crippen LogP) is 2.74. The monoisotopic (exact) mass is 201 g/mol. The van der Waals surface area contributed by atoms with Crippen LogP contribution in [0.5, 0.6) is 0 Å². The average molecular weight is 201 g/mol. The molecule has 0 radical (unpaired) electrons. The summed E-state index contributed by atoms with van der Waals surface area (Å²) in [5.74, 6) is 0. The molecule has 1 heterocycles. The molecule has 0 amide bonds. The minimum absolute atomic E-state index is 0.306. The third-order valence-electron chi connectivity index (χ3n) is 1.34. The van der Waals surface area contributed by atoms with Crippen LogP contribution in [-0.4, -0.2) is 15.0 Å². The van der Waals surface area contributed by atoms with Crippen molar-refractivity contribution >= 4 is 34.1 Å². The maximum Gasteiger partial charge on any atom is 0.218 e. The Bertz CT molecular complexity index is 250. The van der Waals surface area contributed by atoms with Gasteiger partial charge in [-0.1, -0.05) is 17.3 Å². The quantitative estimate of drug-likeness (QED) is 0.523. The van der Waals surface area contributed by atoms with Crippen molar-refractivity contribution in [3.63, 3.8) is 0 Å². The van der Waals surface area contributed by atoms with Gasteiger partial charge in [0.05, 0.1) is 0 Å². The van der Waals surface area contributed by atoms with Crippen molar-refractivity contribution in [1.29, 1.82) is 5.41 Å². The van der Waals surface area contributed by atoms with Crippen molar-refractivity contribution in [1.82, 2.24) is 0 Å². The Morgan fingerprint density at radius 3 is 2.58 bits per heavy atom. The van der Waals surface area contributed by atoms with Gasteiger partial charge in [-0.15, -0.1) is 0 Å². The van der Waals surface area contributed by atoms with E-state index in [2.05, 4.69) is 0 Å². The lowest BCUT2D eigenvalue weighted by atomic mass is 10.2. The van der Waals surface area contributed by atoms with Crippen molar-refractivity contribution in [3.05, 3.63) is 11.6 Å². The summed E-state index contributed by atoms with van der Waals surface area (Å²) in [6, 6.07) is 0. The summed E-state index contributed by atoms with van der Waals surface area (Å²) < 4.78 is 5.37. The van der Waals surface area contributed by atoms with E-state index in [0.717, 1.165) is 0 Å². The lowest BCUT2D eigenvalue weighted by Crippen LogP contribution is -2.16. The van der Waals surface area contributed by atoms with E-state index in [1.54, 1.807) is 0 Å². The van der Waals surface area contributed by atoms with Crippen LogP contribution in [0.15, 0.2) is 11.6 Å². The highest BCUT2D eigenvalue weighted by atomic mass is 32.2. The van der Waals surface area contributed by atoms with Crippen molar-refractivity contribution < 1.29 is 4.74 Å². The summed E-state index contributed by atoms with van der Waals surface area (Å²) in [6.07, 6.45) is 1.98. The van der Waals surface area contributed by atoms with Crippen LogP contribution in [0.3, 0.4) is 0 Å². The summed E-state index contributed by atoms with van der Waals surface area (Å²) in [6.45, 7) is 5.92. The topological polar surface area (TPSA) is 33.1 Å². The van der Waals surface area contributed by atoms with Gasteiger partial charge in [0.25, 0.3) is 0 Å². The Morgan fingerprint density at radius 1 is 1.67 bits per heavy atom. The summed E-state index contributed by atoms with van der Waals surface area (Å²) >= 11 is 6.19. The Kier molecular flexibility index (Phi) is 2.58. The second-order valence-electron chi connectivity index (χ2n) is 3.06. The Morgan fingerprint density at radius 2 is 2.25 bits per heavy atom. The molecule has 0 aromatic rings. The number of thiocarbonyl (C=S) groups is 1. The highest BCUT2D eigenvalue weighted by molar-refractivity contribution is 8.18. The maximum atomic E-state index is 7.42. The fraction of sp³-hybridized carbons (Fsp3) is 0.500. The van der Waals surface area contributed by atoms with Crippen molar-refractivity contribution in [2.45, 2.75) is 25.7 Å². The third kappa shape index (κ3) is 2.08. The molecule has 0 saturated carbocycles. The third-order valence-corrected chi connectivity index (χ3v) is 2.75. The molecule has 1 saturated heterocycles. The first-order valence-corrected chi connectivity index (χ1v) is 4.82. The highest BCUT2D eigenvalue weighted by Crippen LogP contribution is 2.37. The molecule has 0 aromatic carbocycles. The van der Waals surface area contributed by atoms with Crippen molar-refractivity contribution in [2.24, 2.45) is 0 Å². The summed E-state index contributed by atoms with van der Waals surface area (Å²) in [7, 11) is 0. The zero-order chi connectivity index (χ0) is 9.35. The van der Waals surface area contributed by atoms with E-state index in [4.69, 9.17) is 22.4 Å². The molecule has 0 aromatic heterocycles. The maximum absolute atomic E-state index is 7.42. The van der Waals surface area contributed by atoms with Gasteiger partial charge in [-0.25, -0.2) is 0 Å². The number of allylic oxidation sites excluding steroid dienone is 1. The van der Waals surface area contributed by atoms with Crippen molar-refractivity contribution in [2.75, 3.05) is 0 Å². The number of rotatable bonds is 1. The predicted molar refractivity (Wildman–Crippen MR) is 56.8 cm³/mol. The minimum atomic E-state index is -0.451. The van der Waals surface area contributed by atoms with Gasteiger partial charge in [0.15, 0.2) is 4.93 Å². The molecule has 12 heavy (non-hydrogen) atoms. The lowest BCUT2D eigenvalue weighted by molar-refractivity contribution is 0.240. The zero-order valence-corrected chi connectivity index (χ0v) is 8.94. The normalized spacial score (nSPS) is 28.6. The van der Waals surface area contributed by atoms with E-state index in [0.29, 0.717) is 10.1 Å². The molecule has 0 spiro atoms. The molecule has 1 aliphatic heterocycles. The van der Waals surface area contributed by atoms with Gasteiger partial charge < -0.3 is 4.74 Å². The van der Waals surface area contributed by atoms with Gasteiger partial charge >= 0.3 is 0 Å². The molecule has 4 heteroatoms. The van der Waals surface area contributed by atoms with Crippen molar-refractivity contribution in [3.8, 4) is 0 Å². The fourth-order valence-electron chi connectivity index (χ4n) is 1.08. The SMILES string of the molecule is CC(C)=CC1(C)OC(=S)C(=N)S1. The van der Waals surface area contributed by atoms with E-state index < -0.39 is 4.93 Å². The number of hydrogen-bond acceptors (Lipinski definition) is 4. The zero-order valence-electron chi connectivity index (χ0n) is 7.30. The molecule has 66 valence electrons. The van der Waals surface area contributed by atoms with Gasteiger partial charge in [0.2, 0.25) is 5.05 Å². The fourth-order valence-corrected chi connectivity index (χ4v) is 2.38. The molecule has 1 atom stereocenters. The van der Waals surface area contributed by atoms with Gasteiger partial charge in [0.1, 0.15) is 5.04 Å². The molecule has 2 nitrogen and oxygen atoms in total. The van der Waals surface area contributed by atoms with E-state index >= 15 is 0 Å². The molecule has 1 fully saturated rings. The standard InChI is InChI=1S/C8H11NOS2/c1-5(2)4-8(3)10-7(11)6(9)12-8/h4,9H,1-3H3. The van der Waals surface area contributed by atoms with Gasteiger partial charge in [-0.05, 0) is 39.1 Å². The van der Waals surface area contributed by atoms with Gasteiger partial charge in [-0.2, -0.15) is 0 Å². The van der Waals surface area contributed by atoms with Crippen LogP contribution in [0.1, 0.15) is 20.8 Å². The molecule has 1 rings (SSSR count). The average Bonchev–Trinajstić information content (AvgIpc) is 2.04.